The highest BCUT2D eigenvalue weighted by molar-refractivity contribution is 5.05. The lowest BCUT2D eigenvalue weighted by Gasteiger charge is -1.93. The number of nitrogens with one attached hydrogen (secondary N) is 1. The number of rotatable bonds is 2. The first-order valence-corrected chi connectivity index (χ1v) is 3.08. The maximum absolute atomic E-state index is 10.7. The molecule has 0 aromatic carbocycles. The summed E-state index contributed by atoms with van der Waals surface area (Å²) in [6, 6.07) is 1.61. The minimum absolute atomic E-state index is 0.0508. The van der Waals surface area contributed by atoms with Crippen LogP contribution in [0.5, 0.6) is 0 Å². The molecule has 0 fully saturated rings. The van der Waals surface area contributed by atoms with Gasteiger partial charge in [0, 0.05) is 5.69 Å². The predicted molar refractivity (Wildman–Crippen MR) is 39.1 cm³/mol. The zero-order valence-electron chi connectivity index (χ0n) is 6.00. The number of hydrogen-bond donors (Lipinski definition) is 1. The molecule has 58 valence electrons. The van der Waals surface area contributed by atoms with Crippen LogP contribution >= 0.6 is 0 Å². The van der Waals surface area contributed by atoms with Gasteiger partial charge in [0.2, 0.25) is 0 Å². The van der Waals surface area contributed by atoms with Gasteiger partial charge >= 0.3 is 5.69 Å². The zero-order valence-corrected chi connectivity index (χ0v) is 6.00. The monoisotopic (exact) mass is 153 g/mol. The fourth-order valence-corrected chi connectivity index (χ4v) is 0.792. The van der Waals surface area contributed by atoms with E-state index in [-0.39, 0.29) is 6.54 Å². The lowest BCUT2D eigenvalue weighted by molar-refractivity contribution is 0.908. The molecule has 1 aromatic rings. The molecule has 1 N–H and O–H groups in total. The highest BCUT2D eigenvalue weighted by atomic mass is 16.3. The van der Waals surface area contributed by atoms with Gasteiger partial charge in [-0.1, -0.05) is 5.18 Å². The predicted octanol–water partition coefficient (Wildman–Crippen LogP) is 0.345. The Balaban J connectivity index is 3.08. The largest absolute Gasteiger partial charge is 0.345 e. The Labute approximate surface area is 62.5 Å². The first kappa shape index (κ1) is 7.59. The molecule has 1 aromatic heterocycles. The summed E-state index contributed by atoms with van der Waals surface area (Å²) in [5.74, 6) is 0. The third kappa shape index (κ3) is 1.96. The topological polar surface area (TPSA) is 75.2 Å². The van der Waals surface area contributed by atoms with Crippen LogP contribution in [0.2, 0.25) is 0 Å². The molecule has 0 radical (unpaired) electrons. The van der Waals surface area contributed by atoms with Gasteiger partial charge in [-0.15, -0.1) is 0 Å². The second-order valence-corrected chi connectivity index (χ2v) is 2.15. The van der Waals surface area contributed by atoms with Gasteiger partial charge in [0.1, 0.15) is 6.54 Å². The fraction of sp³-hybridized carbons (Fsp3) is 0.333. The van der Waals surface area contributed by atoms with Crippen LogP contribution in [0.15, 0.2) is 16.0 Å². The number of aromatic amines is 1. The van der Waals surface area contributed by atoms with E-state index in [4.69, 9.17) is 0 Å². The average Bonchev–Trinajstić information content (AvgIpc) is 1.85. The summed E-state index contributed by atoms with van der Waals surface area (Å²) in [7, 11) is 0. The minimum Gasteiger partial charge on any atom is -0.310 e. The molecule has 0 atom stereocenters. The van der Waals surface area contributed by atoms with Crippen molar-refractivity contribution in [3.63, 3.8) is 0 Å². The summed E-state index contributed by atoms with van der Waals surface area (Å²) in [5.41, 5.74) is 0.647. The first-order valence-electron chi connectivity index (χ1n) is 3.08. The average molecular weight is 153 g/mol. The molecular weight excluding hydrogens is 146 g/mol. The Morgan fingerprint density at radius 1 is 1.73 bits per heavy atom. The minimum atomic E-state index is -0.441. The highest BCUT2D eigenvalue weighted by Gasteiger charge is 1.96. The number of nitrogens with zero attached hydrogens (tertiary/aromatic N) is 2. The highest BCUT2D eigenvalue weighted by Crippen LogP contribution is 1.94. The summed E-state index contributed by atoms with van der Waals surface area (Å²) >= 11 is 0. The van der Waals surface area contributed by atoms with Crippen LogP contribution in [0.4, 0.5) is 0 Å². The van der Waals surface area contributed by atoms with Crippen molar-refractivity contribution in [2.24, 2.45) is 5.18 Å². The van der Waals surface area contributed by atoms with Gasteiger partial charge in [-0.3, -0.25) is 0 Å². The van der Waals surface area contributed by atoms with Crippen LogP contribution in [0.3, 0.4) is 0 Å². The molecule has 0 aliphatic rings. The van der Waals surface area contributed by atoms with Gasteiger partial charge in [-0.05, 0) is 13.0 Å². The maximum atomic E-state index is 10.7. The van der Waals surface area contributed by atoms with Crippen LogP contribution < -0.4 is 5.69 Å². The lowest BCUT2D eigenvalue weighted by Crippen LogP contribution is -2.13. The number of aromatic nitrogens is 2. The van der Waals surface area contributed by atoms with Crippen molar-refractivity contribution in [1.29, 1.82) is 0 Å². The van der Waals surface area contributed by atoms with Crippen LogP contribution in [0.25, 0.3) is 0 Å². The molecule has 0 aliphatic carbocycles. The normalized spacial score (nSPS) is 9.55. The summed E-state index contributed by atoms with van der Waals surface area (Å²) in [6.45, 7) is 1.67. The van der Waals surface area contributed by atoms with Crippen molar-refractivity contribution in [2.75, 3.05) is 0 Å². The van der Waals surface area contributed by atoms with E-state index >= 15 is 0 Å². The van der Waals surface area contributed by atoms with E-state index in [0.717, 1.165) is 0 Å². The van der Waals surface area contributed by atoms with E-state index in [9.17, 15) is 9.70 Å². The molecule has 0 spiro atoms. The summed E-state index contributed by atoms with van der Waals surface area (Å²) in [4.78, 5) is 26.4. The van der Waals surface area contributed by atoms with E-state index in [1.807, 2.05) is 0 Å². The van der Waals surface area contributed by atoms with E-state index in [0.29, 0.717) is 11.4 Å². The molecule has 0 aliphatic heterocycles. The Hall–Kier alpha value is -1.52. The Morgan fingerprint density at radius 3 is 3.00 bits per heavy atom. The van der Waals surface area contributed by atoms with Gasteiger partial charge < -0.3 is 4.98 Å². The molecular formula is C6H7N3O2. The number of H-pyrrole nitrogens is 1. The third-order valence-corrected chi connectivity index (χ3v) is 1.16. The van der Waals surface area contributed by atoms with Crippen molar-refractivity contribution in [3.05, 3.63) is 32.8 Å². The third-order valence-electron chi connectivity index (χ3n) is 1.16. The molecule has 5 nitrogen and oxygen atoms in total. The van der Waals surface area contributed by atoms with E-state index < -0.39 is 5.69 Å². The molecule has 1 heterocycles. The Kier molecular flexibility index (Phi) is 2.10. The van der Waals surface area contributed by atoms with Gasteiger partial charge in [0.15, 0.2) is 0 Å². The van der Waals surface area contributed by atoms with Crippen molar-refractivity contribution in [1.82, 2.24) is 9.97 Å². The number of hydrogen-bond acceptors (Lipinski definition) is 4. The van der Waals surface area contributed by atoms with E-state index in [1.54, 1.807) is 13.0 Å². The standard InChI is InChI=1S/C6H7N3O2/c1-4-2-5(3-7-11)9-6(10)8-4/h2H,3H2,1H3,(H,8,9,10). The summed E-state index contributed by atoms with van der Waals surface area (Å²) in [5, 5.41) is 2.62. The second-order valence-electron chi connectivity index (χ2n) is 2.15. The number of aryl methyl sites for hydroxylation is 1. The van der Waals surface area contributed by atoms with Crippen LogP contribution in [0, 0.1) is 11.8 Å². The Morgan fingerprint density at radius 2 is 2.45 bits per heavy atom. The lowest BCUT2D eigenvalue weighted by atomic mass is 10.3. The summed E-state index contributed by atoms with van der Waals surface area (Å²) < 4.78 is 0. The van der Waals surface area contributed by atoms with Crippen molar-refractivity contribution in [2.45, 2.75) is 13.5 Å². The van der Waals surface area contributed by atoms with Crippen LogP contribution in [0.1, 0.15) is 11.4 Å². The van der Waals surface area contributed by atoms with Crippen LogP contribution in [-0.4, -0.2) is 9.97 Å². The summed E-state index contributed by atoms with van der Waals surface area (Å²) in [6.07, 6.45) is 0. The molecule has 0 saturated carbocycles. The fourth-order valence-electron chi connectivity index (χ4n) is 0.792. The molecule has 0 bridgehead atoms. The zero-order chi connectivity index (χ0) is 8.27. The van der Waals surface area contributed by atoms with E-state index in [2.05, 4.69) is 15.1 Å². The van der Waals surface area contributed by atoms with Crippen molar-refractivity contribution in [3.8, 4) is 0 Å². The molecule has 0 unspecified atom stereocenters. The quantitative estimate of drug-likeness (QED) is 0.622. The molecule has 0 saturated heterocycles. The first-order chi connectivity index (χ1) is 5.22. The van der Waals surface area contributed by atoms with E-state index in [1.165, 1.54) is 0 Å². The molecule has 0 amide bonds. The van der Waals surface area contributed by atoms with Crippen LogP contribution in [-0.2, 0) is 6.54 Å². The molecule has 1 rings (SSSR count). The van der Waals surface area contributed by atoms with Crippen molar-refractivity contribution < 1.29 is 0 Å². The van der Waals surface area contributed by atoms with Gasteiger partial charge in [-0.25, -0.2) is 4.79 Å². The Bertz CT molecular complexity index is 318. The smallest absolute Gasteiger partial charge is 0.310 e. The van der Waals surface area contributed by atoms with Gasteiger partial charge in [-0.2, -0.15) is 9.89 Å². The number of nitroso groups, excluding NO2 is 1. The van der Waals surface area contributed by atoms with Gasteiger partial charge in [0.25, 0.3) is 0 Å². The van der Waals surface area contributed by atoms with Crippen molar-refractivity contribution >= 4 is 0 Å². The maximum Gasteiger partial charge on any atom is 0.345 e. The molecule has 5 heteroatoms. The second kappa shape index (κ2) is 3.05. The van der Waals surface area contributed by atoms with Gasteiger partial charge in [0.05, 0.1) is 5.69 Å². The SMILES string of the molecule is Cc1cc(CN=O)nc(=O)[nH]1. The molecule has 11 heavy (non-hydrogen) atoms.